The standard InChI is InChI=1S/C11H14OS/c1-9-7-8-11(12-9)13-10-5-3-2-4-6-10/h2-6,9,11H,7-8H2,1H3/t9-,11-/m1/s1. The summed E-state index contributed by atoms with van der Waals surface area (Å²) in [6.45, 7) is 2.14. The highest BCUT2D eigenvalue weighted by molar-refractivity contribution is 7.99. The van der Waals surface area contributed by atoms with Gasteiger partial charge in [0.2, 0.25) is 0 Å². The van der Waals surface area contributed by atoms with E-state index in [2.05, 4.69) is 31.2 Å². The van der Waals surface area contributed by atoms with E-state index in [9.17, 15) is 0 Å². The van der Waals surface area contributed by atoms with E-state index < -0.39 is 0 Å². The van der Waals surface area contributed by atoms with Crippen LogP contribution in [0.4, 0.5) is 0 Å². The van der Waals surface area contributed by atoms with Gasteiger partial charge in [0, 0.05) is 4.90 Å². The molecule has 70 valence electrons. The van der Waals surface area contributed by atoms with Crippen molar-refractivity contribution in [3.8, 4) is 0 Å². The third-order valence-corrected chi connectivity index (χ3v) is 3.36. The molecular weight excluding hydrogens is 180 g/mol. The van der Waals surface area contributed by atoms with Gasteiger partial charge < -0.3 is 4.74 Å². The molecule has 2 rings (SSSR count). The number of hydrogen-bond acceptors (Lipinski definition) is 2. The first kappa shape index (κ1) is 9.10. The van der Waals surface area contributed by atoms with Crippen LogP contribution in [0.15, 0.2) is 35.2 Å². The van der Waals surface area contributed by atoms with Crippen LogP contribution in [0.2, 0.25) is 0 Å². The minimum Gasteiger partial charge on any atom is -0.364 e. The predicted molar refractivity (Wildman–Crippen MR) is 55.9 cm³/mol. The van der Waals surface area contributed by atoms with Crippen molar-refractivity contribution in [3.63, 3.8) is 0 Å². The second kappa shape index (κ2) is 4.16. The highest BCUT2D eigenvalue weighted by Gasteiger charge is 2.22. The fourth-order valence-corrected chi connectivity index (χ4v) is 2.62. The fraction of sp³-hybridized carbons (Fsp3) is 0.455. The molecule has 0 aromatic heterocycles. The molecule has 1 aromatic carbocycles. The highest BCUT2D eigenvalue weighted by Crippen LogP contribution is 2.32. The Morgan fingerprint density at radius 3 is 2.62 bits per heavy atom. The van der Waals surface area contributed by atoms with E-state index in [1.807, 2.05) is 17.8 Å². The van der Waals surface area contributed by atoms with E-state index in [1.54, 1.807) is 0 Å². The van der Waals surface area contributed by atoms with Gasteiger partial charge in [0.25, 0.3) is 0 Å². The molecule has 0 bridgehead atoms. The van der Waals surface area contributed by atoms with Crippen molar-refractivity contribution >= 4 is 11.8 Å². The Hall–Kier alpha value is -0.470. The lowest BCUT2D eigenvalue weighted by Gasteiger charge is -2.09. The lowest BCUT2D eigenvalue weighted by molar-refractivity contribution is 0.106. The minimum absolute atomic E-state index is 0.373. The lowest BCUT2D eigenvalue weighted by Crippen LogP contribution is -2.02. The molecule has 2 heteroatoms. The van der Waals surface area contributed by atoms with Gasteiger partial charge in [-0.25, -0.2) is 0 Å². The lowest BCUT2D eigenvalue weighted by atomic mass is 10.3. The Kier molecular flexibility index (Phi) is 2.91. The molecule has 0 N–H and O–H groups in total. The molecule has 0 spiro atoms. The molecule has 1 fully saturated rings. The van der Waals surface area contributed by atoms with Crippen LogP contribution >= 0.6 is 11.8 Å². The maximum absolute atomic E-state index is 5.73. The quantitative estimate of drug-likeness (QED) is 0.714. The topological polar surface area (TPSA) is 9.23 Å². The van der Waals surface area contributed by atoms with Crippen molar-refractivity contribution in [2.45, 2.75) is 36.2 Å². The zero-order valence-electron chi connectivity index (χ0n) is 7.77. The van der Waals surface area contributed by atoms with E-state index >= 15 is 0 Å². The van der Waals surface area contributed by atoms with Crippen molar-refractivity contribution in [1.82, 2.24) is 0 Å². The Morgan fingerprint density at radius 1 is 1.23 bits per heavy atom. The third-order valence-electron chi connectivity index (χ3n) is 2.20. The number of benzene rings is 1. The van der Waals surface area contributed by atoms with Gasteiger partial charge in [-0.15, -0.1) is 0 Å². The Labute approximate surface area is 83.5 Å². The molecule has 0 radical (unpaired) electrons. The van der Waals surface area contributed by atoms with Gasteiger partial charge in [0.05, 0.1) is 6.10 Å². The summed E-state index contributed by atoms with van der Waals surface area (Å²) in [4.78, 5) is 1.31. The molecule has 1 aliphatic heterocycles. The number of ether oxygens (including phenoxy) is 1. The number of hydrogen-bond donors (Lipinski definition) is 0. The van der Waals surface area contributed by atoms with E-state index in [-0.39, 0.29) is 0 Å². The first-order valence-electron chi connectivity index (χ1n) is 4.72. The highest BCUT2D eigenvalue weighted by atomic mass is 32.2. The summed E-state index contributed by atoms with van der Waals surface area (Å²) in [6.07, 6.45) is 2.83. The molecule has 1 saturated heterocycles. The number of thioether (sulfide) groups is 1. The van der Waals surface area contributed by atoms with Crippen molar-refractivity contribution in [3.05, 3.63) is 30.3 Å². The fourth-order valence-electron chi connectivity index (χ4n) is 1.50. The minimum atomic E-state index is 0.373. The maximum Gasteiger partial charge on any atom is 0.108 e. The molecule has 0 saturated carbocycles. The SMILES string of the molecule is C[C@@H]1CC[C@@H](Sc2ccccc2)O1. The van der Waals surface area contributed by atoms with E-state index in [0.717, 1.165) is 0 Å². The molecule has 2 atom stereocenters. The molecule has 1 heterocycles. The van der Waals surface area contributed by atoms with Gasteiger partial charge in [-0.05, 0) is 31.9 Å². The summed E-state index contributed by atoms with van der Waals surface area (Å²) in [7, 11) is 0. The first-order valence-corrected chi connectivity index (χ1v) is 5.60. The van der Waals surface area contributed by atoms with Crippen molar-refractivity contribution in [2.75, 3.05) is 0 Å². The average Bonchev–Trinajstić information content (AvgIpc) is 2.53. The normalized spacial score (nSPS) is 27.8. The predicted octanol–water partition coefficient (Wildman–Crippen LogP) is 3.30. The third kappa shape index (κ3) is 2.48. The molecule has 0 amide bonds. The molecule has 0 aliphatic carbocycles. The van der Waals surface area contributed by atoms with Gasteiger partial charge in [-0.3, -0.25) is 0 Å². The van der Waals surface area contributed by atoms with Crippen LogP contribution in [0.5, 0.6) is 0 Å². The molecule has 13 heavy (non-hydrogen) atoms. The van der Waals surface area contributed by atoms with Crippen molar-refractivity contribution in [1.29, 1.82) is 0 Å². The number of rotatable bonds is 2. The maximum atomic E-state index is 5.73. The summed E-state index contributed by atoms with van der Waals surface area (Å²) in [5, 5.41) is 0. The van der Waals surface area contributed by atoms with Crippen LogP contribution in [0.1, 0.15) is 19.8 Å². The van der Waals surface area contributed by atoms with Crippen LogP contribution in [0, 0.1) is 0 Å². The smallest absolute Gasteiger partial charge is 0.108 e. The van der Waals surface area contributed by atoms with E-state index in [0.29, 0.717) is 11.5 Å². The molecule has 1 nitrogen and oxygen atoms in total. The second-order valence-electron chi connectivity index (χ2n) is 3.38. The zero-order chi connectivity index (χ0) is 9.10. The van der Waals surface area contributed by atoms with E-state index in [4.69, 9.17) is 4.74 Å². The van der Waals surface area contributed by atoms with Gasteiger partial charge >= 0.3 is 0 Å². The Morgan fingerprint density at radius 2 is 2.00 bits per heavy atom. The van der Waals surface area contributed by atoms with Crippen molar-refractivity contribution in [2.24, 2.45) is 0 Å². The van der Waals surface area contributed by atoms with Crippen molar-refractivity contribution < 1.29 is 4.74 Å². The van der Waals surface area contributed by atoms with E-state index in [1.165, 1.54) is 17.7 Å². The molecular formula is C11H14OS. The monoisotopic (exact) mass is 194 g/mol. The molecule has 1 aliphatic rings. The molecule has 1 aromatic rings. The van der Waals surface area contributed by atoms with Gasteiger partial charge in [0.15, 0.2) is 0 Å². The largest absolute Gasteiger partial charge is 0.364 e. The summed E-state index contributed by atoms with van der Waals surface area (Å²) in [5.74, 6) is 0. The Balaban J connectivity index is 1.92. The molecule has 0 unspecified atom stereocenters. The second-order valence-corrected chi connectivity index (χ2v) is 4.62. The zero-order valence-corrected chi connectivity index (χ0v) is 8.59. The van der Waals surface area contributed by atoms with Crippen LogP contribution in [0.3, 0.4) is 0 Å². The van der Waals surface area contributed by atoms with Crippen LogP contribution < -0.4 is 0 Å². The summed E-state index contributed by atoms with van der Waals surface area (Å²) < 4.78 is 5.73. The Bertz CT molecular complexity index is 260. The van der Waals surface area contributed by atoms with Crippen LogP contribution in [-0.4, -0.2) is 11.5 Å². The summed E-state index contributed by atoms with van der Waals surface area (Å²) in [6, 6.07) is 10.5. The van der Waals surface area contributed by atoms with Crippen LogP contribution in [-0.2, 0) is 4.74 Å². The van der Waals surface area contributed by atoms with Crippen LogP contribution in [0.25, 0.3) is 0 Å². The average molecular weight is 194 g/mol. The summed E-state index contributed by atoms with van der Waals surface area (Å²) in [5.41, 5.74) is 0.373. The summed E-state index contributed by atoms with van der Waals surface area (Å²) >= 11 is 1.83. The van der Waals surface area contributed by atoms with Gasteiger partial charge in [-0.1, -0.05) is 30.0 Å². The first-order chi connectivity index (χ1) is 6.34. The van der Waals surface area contributed by atoms with Gasteiger partial charge in [-0.2, -0.15) is 0 Å². The van der Waals surface area contributed by atoms with Gasteiger partial charge in [0.1, 0.15) is 5.44 Å².